The number of benzene rings is 1. The molecule has 2 rings (SSSR count). The van der Waals surface area contributed by atoms with Crippen LogP contribution in [0, 0.1) is 11.3 Å². The maximum absolute atomic E-state index is 11.7. The van der Waals surface area contributed by atoms with E-state index < -0.39 is 28.3 Å². The molecule has 0 saturated carbocycles. The Morgan fingerprint density at radius 1 is 1.50 bits per heavy atom. The standard InChI is InChI=1S/C12H10ClN3O5S/c13-10-6-15-12(17)16(11(10)22(18,19)20)7-21-9-3-1-2-8(4-9)5-14/h1-4,6,11H,7H2,(H,15,17)(H,18,19,20). The number of amides is 2. The molecule has 1 aromatic carbocycles. The monoisotopic (exact) mass is 343 g/mol. The summed E-state index contributed by atoms with van der Waals surface area (Å²) in [7, 11) is -4.64. The number of nitrogens with one attached hydrogen (secondary N) is 1. The quantitative estimate of drug-likeness (QED) is 0.793. The van der Waals surface area contributed by atoms with Crippen LogP contribution in [0.25, 0.3) is 0 Å². The zero-order valence-corrected chi connectivity index (χ0v) is 12.5. The molecular formula is C12H10ClN3O5S. The third kappa shape index (κ3) is 3.48. The topological polar surface area (TPSA) is 120 Å². The van der Waals surface area contributed by atoms with Gasteiger partial charge in [-0.1, -0.05) is 17.7 Å². The molecule has 1 aliphatic rings. The Morgan fingerprint density at radius 3 is 2.86 bits per heavy atom. The summed E-state index contributed by atoms with van der Waals surface area (Å²) >= 11 is 5.72. The molecule has 1 aromatic rings. The van der Waals surface area contributed by atoms with E-state index in [9.17, 15) is 17.8 Å². The molecule has 10 heteroatoms. The molecule has 8 nitrogen and oxygen atoms in total. The van der Waals surface area contributed by atoms with Crippen LogP contribution in [0.15, 0.2) is 35.5 Å². The first-order valence-electron chi connectivity index (χ1n) is 5.85. The summed E-state index contributed by atoms with van der Waals surface area (Å²) in [4.78, 5) is 12.5. The minimum absolute atomic E-state index is 0.256. The van der Waals surface area contributed by atoms with Gasteiger partial charge in [-0.15, -0.1) is 0 Å². The molecule has 116 valence electrons. The first-order chi connectivity index (χ1) is 10.3. The number of nitriles is 1. The summed E-state index contributed by atoms with van der Waals surface area (Å²) in [5.74, 6) is 0.256. The van der Waals surface area contributed by atoms with E-state index in [0.29, 0.717) is 10.5 Å². The summed E-state index contributed by atoms with van der Waals surface area (Å²) < 4.78 is 37.2. The maximum atomic E-state index is 11.7. The molecule has 0 radical (unpaired) electrons. The van der Waals surface area contributed by atoms with Crippen molar-refractivity contribution in [2.45, 2.75) is 5.37 Å². The average Bonchev–Trinajstić information content (AvgIpc) is 2.47. The highest BCUT2D eigenvalue weighted by Gasteiger charge is 2.39. The van der Waals surface area contributed by atoms with E-state index in [1.807, 2.05) is 6.07 Å². The first-order valence-corrected chi connectivity index (χ1v) is 7.73. The van der Waals surface area contributed by atoms with Crippen LogP contribution in [-0.4, -0.2) is 36.0 Å². The van der Waals surface area contributed by atoms with Crippen molar-refractivity contribution in [1.29, 1.82) is 5.26 Å². The largest absolute Gasteiger partial charge is 0.473 e. The Bertz CT molecular complexity index is 771. The predicted molar refractivity (Wildman–Crippen MR) is 76.3 cm³/mol. The maximum Gasteiger partial charge on any atom is 0.325 e. The van der Waals surface area contributed by atoms with Crippen LogP contribution in [0.5, 0.6) is 5.75 Å². The fraction of sp³-hybridized carbons (Fsp3) is 0.167. The Hall–Kier alpha value is -2.28. The SMILES string of the molecule is N#Cc1cccc(OCN2C(=O)NC=C(Cl)C2S(=O)(=O)O)c1. The first kappa shape index (κ1) is 16.1. The number of carbonyl (C=O) groups excluding carboxylic acids is 1. The third-order valence-electron chi connectivity index (χ3n) is 2.73. The Morgan fingerprint density at radius 2 is 2.23 bits per heavy atom. The van der Waals surface area contributed by atoms with Crippen molar-refractivity contribution < 1.29 is 22.5 Å². The number of carbonyl (C=O) groups is 1. The second kappa shape index (κ2) is 6.23. The molecule has 0 aromatic heterocycles. The molecule has 1 aliphatic heterocycles. The van der Waals surface area contributed by atoms with E-state index in [2.05, 4.69) is 5.32 Å². The van der Waals surface area contributed by atoms with Gasteiger partial charge in [0.05, 0.1) is 16.7 Å². The van der Waals surface area contributed by atoms with E-state index >= 15 is 0 Å². The molecule has 2 amide bonds. The van der Waals surface area contributed by atoms with Gasteiger partial charge in [-0.05, 0) is 18.2 Å². The van der Waals surface area contributed by atoms with Gasteiger partial charge in [-0.25, -0.2) is 4.79 Å². The minimum atomic E-state index is -4.64. The van der Waals surface area contributed by atoms with Crippen LogP contribution in [-0.2, 0) is 10.1 Å². The highest BCUT2D eigenvalue weighted by atomic mass is 35.5. The van der Waals surface area contributed by atoms with Crippen LogP contribution in [0.1, 0.15) is 5.56 Å². The summed E-state index contributed by atoms with van der Waals surface area (Å²) in [6.45, 7) is -0.491. The zero-order valence-electron chi connectivity index (χ0n) is 10.9. The van der Waals surface area contributed by atoms with Crippen molar-refractivity contribution in [2.75, 3.05) is 6.73 Å². The Kier molecular flexibility index (Phi) is 4.56. The molecule has 0 aliphatic carbocycles. The molecule has 1 heterocycles. The minimum Gasteiger partial charge on any atom is -0.473 e. The van der Waals surface area contributed by atoms with Crippen molar-refractivity contribution in [3.8, 4) is 11.8 Å². The van der Waals surface area contributed by atoms with Gasteiger partial charge >= 0.3 is 6.03 Å². The van der Waals surface area contributed by atoms with E-state index in [0.717, 1.165) is 6.20 Å². The van der Waals surface area contributed by atoms with Gasteiger partial charge < -0.3 is 10.1 Å². The highest BCUT2D eigenvalue weighted by molar-refractivity contribution is 7.86. The summed E-state index contributed by atoms with van der Waals surface area (Å²) in [6.07, 6.45) is 0.981. The fourth-order valence-electron chi connectivity index (χ4n) is 1.77. The number of halogens is 1. The van der Waals surface area contributed by atoms with Crippen LogP contribution in [0.2, 0.25) is 0 Å². The van der Waals surface area contributed by atoms with E-state index in [1.165, 1.54) is 12.1 Å². The lowest BCUT2D eigenvalue weighted by molar-refractivity contribution is 0.131. The van der Waals surface area contributed by atoms with E-state index in [-0.39, 0.29) is 10.8 Å². The molecule has 2 N–H and O–H groups in total. The summed E-state index contributed by atoms with van der Waals surface area (Å²) in [5, 5.41) is 8.99. The van der Waals surface area contributed by atoms with Gasteiger partial charge in [0, 0.05) is 6.20 Å². The molecule has 22 heavy (non-hydrogen) atoms. The smallest absolute Gasteiger partial charge is 0.325 e. The van der Waals surface area contributed by atoms with Crippen molar-refractivity contribution >= 4 is 27.8 Å². The van der Waals surface area contributed by atoms with E-state index in [4.69, 9.17) is 21.6 Å². The normalized spacial score (nSPS) is 18.2. The zero-order chi connectivity index (χ0) is 16.3. The van der Waals surface area contributed by atoms with Gasteiger partial charge in [-0.3, -0.25) is 9.45 Å². The number of hydrogen-bond acceptors (Lipinski definition) is 5. The molecule has 0 spiro atoms. The second-order valence-electron chi connectivity index (χ2n) is 4.23. The lowest BCUT2D eigenvalue weighted by Gasteiger charge is -2.31. The van der Waals surface area contributed by atoms with Crippen LogP contribution in [0.3, 0.4) is 0 Å². The number of nitrogens with zero attached hydrogens (tertiary/aromatic N) is 2. The van der Waals surface area contributed by atoms with Crippen molar-refractivity contribution in [3.05, 3.63) is 41.1 Å². The van der Waals surface area contributed by atoms with Gasteiger partial charge in [0.25, 0.3) is 10.1 Å². The predicted octanol–water partition coefficient (Wildman–Crippen LogP) is 1.21. The average molecular weight is 344 g/mol. The van der Waals surface area contributed by atoms with Crippen molar-refractivity contribution in [3.63, 3.8) is 0 Å². The molecule has 1 atom stereocenters. The van der Waals surface area contributed by atoms with Gasteiger partial charge in [0.2, 0.25) is 5.37 Å². The van der Waals surface area contributed by atoms with Crippen LogP contribution < -0.4 is 10.1 Å². The van der Waals surface area contributed by atoms with Crippen molar-refractivity contribution in [2.24, 2.45) is 0 Å². The van der Waals surface area contributed by atoms with Gasteiger partial charge in [0.15, 0.2) is 6.73 Å². The Balaban J connectivity index is 2.21. The lowest BCUT2D eigenvalue weighted by Crippen LogP contribution is -2.53. The summed E-state index contributed by atoms with van der Waals surface area (Å²) in [5.41, 5.74) is 0.338. The number of urea groups is 1. The Labute approximate surface area is 131 Å². The lowest BCUT2D eigenvalue weighted by atomic mass is 10.2. The fourth-order valence-corrected chi connectivity index (χ4v) is 3.11. The molecular weight excluding hydrogens is 334 g/mol. The van der Waals surface area contributed by atoms with Gasteiger partial charge in [0.1, 0.15) is 5.75 Å². The highest BCUT2D eigenvalue weighted by Crippen LogP contribution is 2.23. The summed E-state index contributed by atoms with van der Waals surface area (Å²) in [6, 6.07) is 7.18. The van der Waals surface area contributed by atoms with Crippen LogP contribution in [0.4, 0.5) is 4.79 Å². The second-order valence-corrected chi connectivity index (χ2v) is 6.14. The van der Waals surface area contributed by atoms with Crippen molar-refractivity contribution in [1.82, 2.24) is 10.2 Å². The molecule has 0 fully saturated rings. The molecule has 0 bridgehead atoms. The number of hydrogen-bond donors (Lipinski definition) is 2. The van der Waals surface area contributed by atoms with Crippen LogP contribution >= 0.6 is 11.6 Å². The molecule has 1 unspecified atom stereocenters. The van der Waals surface area contributed by atoms with Gasteiger partial charge in [-0.2, -0.15) is 13.7 Å². The molecule has 0 saturated heterocycles. The third-order valence-corrected chi connectivity index (χ3v) is 4.25. The number of rotatable bonds is 4. The number of ether oxygens (including phenoxy) is 1. The van der Waals surface area contributed by atoms with E-state index in [1.54, 1.807) is 12.1 Å².